The van der Waals surface area contributed by atoms with Crippen molar-refractivity contribution in [3.8, 4) is 22.9 Å². The zero-order valence-electron chi connectivity index (χ0n) is 23.7. The molecule has 3 aromatic carbocycles. The molecule has 9 nitrogen and oxygen atoms in total. The molecule has 0 saturated carbocycles. The minimum absolute atomic E-state index is 0.0115. The molecule has 2 unspecified atom stereocenters. The second-order valence-electron chi connectivity index (χ2n) is 10.9. The lowest BCUT2D eigenvalue weighted by molar-refractivity contribution is 0.0947. The lowest BCUT2D eigenvalue weighted by Crippen LogP contribution is -2.33. The van der Waals surface area contributed by atoms with Gasteiger partial charge in [0.1, 0.15) is 28.1 Å². The molecule has 0 bridgehead atoms. The van der Waals surface area contributed by atoms with E-state index in [4.69, 9.17) is 4.74 Å². The summed E-state index contributed by atoms with van der Waals surface area (Å²) >= 11 is 0. The zero-order chi connectivity index (χ0) is 31.3. The molecule has 0 saturated heterocycles. The van der Waals surface area contributed by atoms with Crippen molar-refractivity contribution in [2.45, 2.75) is 29.9 Å². The van der Waals surface area contributed by atoms with Gasteiger partial charge in [0, 0.05) is 60.1 Å². The summed E-state index contributed by atoms with van der Waals surface area (Å²) in [5, 5.41) is 19.4. The molecule has 2 aromatic heterocycles. The van der Waals surface area contributed by atoms with Crippen LogP contribution in [0.5, 0.6) is 11.5 Å². The average Bonchev–Trinajstić information content (AvgIpc) is 3.62. The van der Waals surface area contributed by atoms with Gasteiger partial charge in [-0.15, -0.1) is 0 Å². The number of aromatic nitrogens is 3. The highest BCUT2D eigenvalue weighted by Crippen LogP contribution is 2.40. The molecule has 44 heavy (non-hydrogen) atoms. The first-order valence-corrected chi connectivity index (χ1v) is 15.7. The minimum atomic E-state index is -3.94. The summed E-state index contributed by atoms with van der Waals surface area (Å²) in [4.78, 5) is 12.2. The molecule has 0 amide bonds. The van der Waals surface area contributed by atoms with Gasteiger partial charge in [-0.25, -0.2) is 26.6 Å². The van der Waals surface area contributed by atoms with E-state index in [1.165, 1.54) is 24.4 Å². The van der Waals surface area contributed by atoms with E-state index < -0.39 is 51.8 Å². The Balaban J connectivity index is 1.40. The number of nitrogens with zero attached hydrogens (tertiary/aromatic N) is 2. The lowest BCUT2D eigenvalue weighted by Gasteiger charge is -2.32. The van der Waals surface area contributed by atoms with Gasteiger partial charge in [-0.05, 0) is 36.9 Å². The number of H-pyrrole nitrogens is 2. The summed E-state index contributed by atoms with van der Waals surface area (Å²) in [5.41, 5.74) is 1.99. The van der Waals surface area contributed by atoms with Gasteiger partial charge in [0.15, 0.2) is 21.4 Å². The molecule has 230 valence electrons. The number of sulfone groups is 1. The number of nitrogens with one attached hydrogen (secondary N) is 2. The Kier molecular flexibility index (Phi) is 7.74. The summed E-state index contributed by atoms with van der Waals surface area (Å²) in [6.45, 7) is 0.0419. The van der Waals surface area contributed by atoms with Crippen molar-refractivity contribution in [3.63, 3.8) is 0 Å². The first kappa shape index (κ1) is 29.9. The summed E-state index contributed by atoms with van der Waals surface area (Å²) in [6.07, 6.45) is 1.79. The van der Waals surface area contributed by atoms with Gasteiger partial charge >= 0.3 is 0 Å². The first-order chi connectivity index (χ1) is 21.0. The van der Waals surface area contributed by atoms with Gasteiger partial charge in [-0.3, -0.25) is 4.90 Å². The Morgan fingerprint density at radius 3 is 2.68 bits per heavy atom. The highest BCUT2D eigenvalue weighted by molar-refractivity contribution is 7.91. The maximum atomic E-state index is 15.7. The van der Waals surface area contributed by atoms with Crippen molar-refractivity contribution in [1.82, 2.24) is 19.9 Å². The molecule has 5 aromatic rings. The molecule has 2 atom stereocenters. The van der Waals surface area contributed by atoms with Crippen molar-refractivity contribution in [2.24, 2.45) is 0 Å². The molecule has 0 aliphatic carbocycles. The molecule has 13 heteroatoms. The van der Waals surface area contributed by atoms with E-state index in [9.17, 15) is 18.6 Å². The third-order valence-corrected chi connectivity index (χ3v) is 8.94. The SMILES string of the molecule is CN1CCc2[nH]c(-c3cc(Oc4c(F)cc5[nH]ccc5c4S(C)(=O)=O)ccc3F)nc2C1c1cccc(CC(O)CO)c1F. The van der Waals surface area contributed by atoms with Gasteiger partial charge in [-0.1, -0.05) is 18.2 Å². The summed E-state index contributed by atoms with van der Waals surface area (Å²) in [5.74, 6) is -2.51. The molecule has 6 rings (SSSR count). The van der Waals surface area contributed by atoms with Crippen LogP contribution in [0.1, 0.15) is 28.6 Å². The van der Waals surface area contributed by atoms with Crippen LogP contribution in [0.25, 0.3) is 22.3 Å². The number of hydrogen-bond acceptors (Lipinski definition) is 7. The van der Waals surface area contributed by atoms with Crippen LogP contribution in [0.3, 0.4) is 0 Å². The fourth-order valence-electron chi connectivity index (χ4n) is 5.72. The largest absolute Gasteiger partial charge is 0.453 e. The van der Waals surface area contributed by atoms with Crippen LogP contribution in [-0.2, 0) is 22.7 Å². The van der Waals surface area contributed by atoms with E-state index in [1.807, 2.05) is 11.9 Å². The molecule has 0 fully saturated rings. The second-order valence-corrected chi connectivity index (χ2v) is 12.9. The van der Waals surface area contributed by atoms with Crippen molar-refractivity contribution < 1.29 is 36.5 Å². The number of hydrogen-bond donors (Lipinski definition) is 4. The Labute approximate surface area is 250 Å². The smallest absolute Gasteiger partial charge is 0.182 e. The van der Waals surface area contributed by atoms with Gasteiger partial charge < -0.3 is 24.9 Å². The summed E-state index contributed by atoms with van der Waals surface area (Å²) in [7, 11) is -2.12. The number of likely N-dealkylation sites (N-methyl/N-ethyl adjacent to an activating group) is 1. The summed E-state index contributed by atoms with van der Waals surface area (Å²) < 4.78 is 77.2. The van der Waals surface area contributed by atoms with Crippen molar-refractivity contribution in [3.05, 3.63) is 94.7 Å². The van der Waals surface area contributed by atoms with E-state index in [2.05, 4.69) is 15.0 Å². The maximum absolute atomic E-state index is 15.7. The highest BCUT2D eigenvalue weighted by Gasteiger charge is 2.33. The molecule has 4 N–H and O–H groups in total. The van der Waals surface area contributed by atoms with Crippen LogP contribution < -0.4 is 4.74 Å². The average molecular weight is 627 g/mol. The number of aliphatic hydroxyl groups is 2. The van der Waals surface area contributed by atoms with Crippen LogP contribution >= 0.6 is 0 Å². The fourth-order valence-corrected chi connectivity index (χ4v) is 6.77. The number of aliphatic hydroxyl groups excluding tert-OH is 2. The zero-order valence-corrected chi connectivity index (χ0v) is 24.6. The van der Waals surface area contributed by atoms with Crippen molar-refractivity contribution in [2.75, 3.05) is 26.5 Å². The molecule has 0 spiro atoms. The van der Waals surface area contributed by atoms with Gasteiger partial charge in [0.05, 0.1) is 30.0 Å². The lowest BCUT2D eigenvalue weighted by atomic mass is 9.93. The topological polar surface area (TPSA) is 132 Å². The van der Waals surface area contributed by atoms with Crippen LogP contribution in [0.15, 0.2) is 59.6 Å². The highest BCUT2D eigenvalue weighted by atomic mass is 32.2. The number of benzene rings is 3. The van der Waals surface area contributed by atoms with Crippen LogP contribution in [0.4, 0.5) is 13.2 Å². The number of rotatable bonds is 8. The standard InChI is InChI=1S/C31H29F3N4O5S/c1-38-11-9-24-27(28(38)20-5-3-4-16(26(20)34)12-17(40)15-39)37-31(36-24)21-13-18(6-7-22(21)32)43-29-23(33)14-25-19(8-10-35-25)30(29)44(2,41)42/h3-8,10,13-14,17,28,35,39-40H,9,11-12,15H2,1-2H3,(H,36,37). The first-order valence-electron chi connectivity index (χ1n) is 13.8. The molecule has 1 aliphatic heterocycles. The van der Waals surface area contributed by atoms with Gasteiger partial charge in [-0.2, -0.15) is 0 Å². The molecular formula is C31H29F3N4O5S. The molecular weight excluding hydrogens is 597 g/mol. The Bertz CT molecular complexity index is 1990. The number of halogens is 3. The molecule has 3 heterocycles. The quantitative estimate of drug-likeness (QED) is 0.197. The second kappa shape index (κ2) is 11.4. The Hall–Kier alpha value is -4.17. The van der Waals surface area contributed by atoms with Crippen molar-refractivity contribution in [1.29, 1.82) is 0 Å². The third-order valence-electron chi connectivity index (χ3n) is 7.80. The predicted octanol–water partition coefficient (Wildman–Crippen LogP) is 4.64. The van der Waals surface area contributed by atoms with Crippen LogP contribution in [-0.4, -0.2) is 71.0 Å². The monoisotopic (exact) mass is 626 g/mol. The van der Waals surface area contributed by atoms with E-state index in [0.717, 1.165) is 18.4 Å². The Morgan fingerprint density at radius 2 is 1.93 bits per heavy atom. The van der Waals surface area contributed by atoms with E-state index in [1.54, 1.807) is 18.2 Å². The predicted molar refractivity (Wildman–Crippen MR) is 157 cm³/mol. The van der Waals surface area contributed by atoms with E-state index in [-0.39, 0.29) is 44.9 Å². The normalized spacial score (nSPS) is 16.3. The van der Waals surface area contributed by atoms with Crippen LogP contribution in [0.2, 0.25) is 0 Å². The maximum Gasteiger partial charge on any atom is 0.182 e. The minimum Gasteiger partial charge on any atom is -0.453 e. The fraction of sp³-hybridized carbons (Fsp3) is 0.258. The van der Waals surface area contributed by atoms with Gasteiger partial charge in [0.25, 0.3) is 0 Å². The van der Waals surface area contributed by atoms with E-state index in [0.29, 0.717) is 29.9 Å². The Morgan fingerprint density at radius 1 is 1.14 bits per heavy atom. The van der Waals surface area contributed by atoms with Gasteiger partial charge in [0.2, 0.25) is 0 Å². The number of aromatic amines is 2. The van der Waals surface area contributed by atoms with Crippen LogP contribution in [0, 0.1) is 17.5 Å². The third kappa shape index (κ3) is 5.36. The van der Waals surface area contributed by atoms with Crippen molar-refractivity contribution >= 4 is 20.7 Å². The van der Waals surface area contributed by atoms with E-state index >= 15 is 13.2 Å². The number of ether oxygens (including phenoxy) is 1. The number of fused-ring (bicyclic) bond motifs is 2. The summed E-state index contributed by atoms with van der Waals surface area (Å²) in [6, 6.07) is 10.5. The number of imidazole rings is 1. The molecule has 0 radical (unpaired) electrons. The molecule has 1 aliphatic rings.